The molecule has 7 nitrogen and oxygen atoms in total. The maximum atomic E-state index is 12.0. The zero-order valence-corrected chi connectivity index (χ0v) is 11.6. The molecule has 0 bridgehead atoms. The van der Waals surface area contributed by atoms with E-state index in [9.17, 15) is 9.59 Å². The minimum absolute atomic E-state index is 0.131. The van der Waals surface area contributed by atoms with E-state index in [4.69, 9.17) is 5.11 Å². The molecule has 0 saturated carbocycles. The predicted molar refractivity (Wildman–Crippen MR) is 77.7 cm³/mol. The van der Waals surface area contributed by atoms with Crippen LogP contribution in [-0.2, 0) is 0 Å². The van der Waals surface area contributed by atoms with Gasteiger partial charge >= 0.3 is 5.97 Å². The summed E-state index contributed by atoms with van der Waals surface area (Å²) in [6.07, 6.45) is 1.45. The lowest BCUT2D eigenvalue weighted by molar-refractivity contribution is 0.0690. The fourth-order valence-electron chi connectivity index (χ4n) is 1.60. The van der Waals surface area contributed by atoms with E-state index < -0.39 is 11.9 Å². The van der Waals surface area contributed by atoms with Gasteiger partial charge < -0.3 is 15.3 Å². The predicted octanol–water partition coefficient (Wildman–Crippen LogP) is 1.49. The fourth-order valence-corrected chi connectivity index (χ4v) is 1.60. The average molecular weight is 286 g/mol. The van der Waals surface area contributed by atoms with Gasteiger partial charge in [-0.2, -0.15) is 0 Å². The van der Waals surface area contributed by atoms with Crippen LogP contribution in [0.4, 0.5) is 11.6 Å². The summed E-state index contributed by atoms with van der Waals surface area (Å²) in [7, 11) is 3.70. The van der Waals surface area contributed by atoms with Crippen LogP contribution >= 0.6 is 0 Å². The number of nitrogens with zero attached hydrogens (tertiary/aromatic N) is 3. The molecule has 21 heavy (non-hydrogen) atoms. The molecule has 1 amide bonds. The van der Waals surface area contributed by atoms with Gasteiger partial charge in [0.25, 0.3) is 5.91 Å². The molecular formula is C14H14N4O3. The first kappa shape index (κ1) is 14.4. The van der Waals surface area contributed by atoms with E-state index >= 15 is 0 Å². The molecule has 7 heteroatoms. The second kappa shape index (κ2) is 6.00. The van der Waals surface area contributed by atoms with Gasteiger partial charge in [-0.15, -0.1) is 0 Å². The molecule has 0 aliphatic heterocycles. The van der Waals surface area contributed by atoms with E-state index in [-0.39, 0.29) is 11.5 Å². The molecule has 0 radical (unpaired) electrons. The molecule has 2 N–H and O–H groups in total. The Morgan fingerprint density at radius 2 is 1.95 bits per heavy atom. The van der Waals surface area contributed by atoms with Crippen molar-refractivity contribution >= 4 is 23.5 Å². The average Bonchev–Trinajstić information content (AvgIpc) is 2.47. The topological polar surface area (TPSA) is 95.4 Å². The number of carbonyl (C=O) groups is 2. The summed E-state index contributed by atoms with van der Waals surface area (Å²) in [6.45, 7) is 0. The number of hydrogen-bond donors (Lipinski definition) is 2. The standard InChI is InChI=1S/C14H14N4O3/c1-18(2)12-7-6-9(8-15-12)13(19)17-11-5-3-4-10(16-11)14(20)21/h3-8H,1-2H3,(H,20,21)(H,16,17,19). The summed E-state index contributed by atoms with van der Waals surface area (Å²) in [6, 6.07) is 7.74. The molecule has 0 unspecified atom stereocenters. The number of anilines is 2. The van der Waals surface area contributed by atoms with Crippen LogP contribution in [-0.4, -0.2) is 41.0 Å². The normalized spacial score (nSPS) is 10.0. The largest absolute Gasteiger partial charge is 0.477 e. The third-order valence-corrected chi connectivity index (χ3v) is 2.68. The van der Waals surface area contributed by atoms with Crippen molar-refractivity contribution in [2.45, 2.75) is 0 Å². The summed E-state index contributed by atoms with van der Waals surface area (Å²) >= 11 is 0. The Bertz CT molecular complexity index is 668. The van der Waals surface area contributed by atoms with E-state index in [1.54, 1.807) is 12.1 Å². The Kier molecular flexibility index (Phi) is 4.13. The lowest BCUT2D eigenvalue weighted by Gasteiger charge is -2.11. The van der Waals surface area contributed by atoms with E-state index in [1.807, 2.05) is 19.0 Å². The number of aromatic carboxylic acids is 1. The van der Waals surface area contributed by atoms with Crippen LogP contribution in [0.1, 0.15) is 20.8 Å². The van der Waals surface area contributed by atoms with Gasteiger partial charge in [0, 0.05) is 20.3 Å². The van der Waals surface area contributed by atoms with E-state index in [2.05, 4.69) is 15.3 Å². The highest BCUT2D eigenvalue weighted by atomic mass is 16.4. The van der Waals surface area contributed by atoms with Gasteiger partial charge in [0.1, 0.15) is 11.6 Å². The summed E-state index contributed by atoms with van der Waals surface area (Å²) in [4.78, 5) is 32.6. The number of nitrogens with one attached hydrogen (secondary N) is 1. The Balaban J connectivity index is 2.14. The molecule has 0 aromatic carbocycles. The van der Waals surface area contributed by atoms with Crippen LogP contribution in [0.15, 0.2) is 36.5 Å². The van der Waals surface area contributed by atoms with Crippen molar-refractivity contribution in [3.05, 3.63) is 47.8 Å². The van der Waals surface area contributed by atoms with Crippen LogP contribution in [0.5, 0.6) is 0 Å². The van der Waals surface area contributed by atoms with Crippen LogP contribution in [0.2, 0.25) is 0 Å². The van der Waals surface area contributed by atoms with Crippen molar-refractivity contribution in [2.75, 3.05) is 24.3 Å². The molecular weight excluding hydrogens is 272 g/mol. The first-order valence-electron chi connectivity index (χ1n) is 6.12. The second-order valence-electron chi connectivity index (χ2n) is 4.47. The third-order valence-electron chi connectivity index (χ3n) is 2.68. The molecule has 0 fully saturated rings. The van der Waals surface area contributed by atoms with Crippen LogP contribution in [0.25, 0.3) is 0 Å². The maximum Gasteiger partial charge on any atom is 0.354 e. The van der Waals surface area contributed by atoms with Crippen molar-refractivity contribution in [2.24, 2.45) is 0 Å². The molecule has 0 spiro atoms. The van der Waals surface area contributed by atoms with Crippen molar-refractivity contribution < 1.29 is 14.7 Å². The van der Waals surface area contributed by atoms with Crippen LogP contribution in [0.3, 0.4) is 0 Å². The fraction of sp³-hybridized carbons (Fsp3) is 0.143. The molecule has 108 valence electrons. The number of carboxylic acid groups (broad SMARTS) is 1. The molecule has 0 saturated heterocycles. The van der Waals surface area contributed by atoms with Crippen molar-refractivity contribution in [3.63, 3.8) is 0 Å². The first-order chi connectivity index (χ1) is 9.97. The van der Waals surface area contributed by atoms with Gasteiger partial charge in [0.05, 0.1) is 5.56 Å². The van der Waals surface area contributed by atoms with Crippen LogP contribution in [0, 0.1) is 0 Å². The highest BCUT2D eigenvalue weighted by molar-refractivity contribution is 6.03. The molecule has 2 heterocycles. The molecule has 0 aliphatic carbocycles. The summed E-state index contributed by atoms with van der Waals surface area (Å²) in [5, 5.41) is 11.4. The third kappa shape index (κ3) is 3.53. The molecule has 2 aromatic rings. The smallest absolute Gasteiger partial charge is 0.354 e. The Morgan fingerprint density at radius 3 is 2.52 bits per heavy atom. The highest BCUT2D eigenvalue weighted by Gasteiger charge is 2.10. The monoisotopic (exact) mass is 286 g/mol. The molecule has 0 aliphatic rings. The van der Waals surface area contributed by atoms with Crippen molar-refractivity contribution in [3.8, 4) is 0 Å². The minimum atomic E-state index is -1.15. The molecule has 2 aromatic heterocycles. The second-order valence-corrected chi connectivity index (χ2v) is 4.47. The highest BCUT2D eigenvalue weighted by Crippen LogP contribution is 2.10. The van der Waals surface area contributed by atoms with E-state index in [0.717, 1.165) is 5.82 Å². The quantitative estimate of drug-likeness (QED) is 0.884. The lowest BCUT2D eigenvalue weighted by Crippen LogP contribution is -2.15. The summed E-state index contributed by atoms with van der Waals surface area (Å²) in [5.74, 6) is -0.639. The SMILES string of the molecule is CN(C)c1ccc(C(=O)Nc2cccc(C(=O)O)n2)cn1. The van der Waals surface area contributed by atoms with Gasteiger partial charge in [0.2, 0.25) is 0 Å². The first-order valence-corrected chi connectivity index (χ1v) is 6.12. The van der Waals surface area contributed by atoms with Gasteiger partial charge in [-0.3, -0.25) is 4.79 Å². The van der Waals surface area contributed by atoms with Crippen molar-refractivity contribution in [1.29, 1.82) is 0 Å². The van der Waals surface area contributed by atoms with Gasteiger partial charge in [-0.25, -0.2) is 14.8 Å². The number of pyridine rings is 2. The van der Waals surface area contributed by atoms with E-state index in [0.29, 0.717) is 5.56 Å². The number of aromatic nitrogens is 2. The Labute approximate surface area is 121 Å². The zero-order valence-electron chi connectivity index (χ0n) is 11.6. The zero-order chi connectivity index (χ0) is 15.4. The van der Waals surface area contributed by atoms with Gasteiger partial charge in [-0.05, 0) is 24.3 Å². The van der Waals surface area contributed by atoms with Crippen LogP contribution < -0.4 is 10.2 Å². The summed E-state index contributed by atoms with van der Waals surface area (Å²) < 4.78 is 0. The van der Waals surface area contributed by atoms with Crippen molar-refractivity contribution in [1.82, 2.24) is 9.97 Å². The maximum absolute atomic E-state index is 12.0. The summed E-state index contributed by atoms with van der Waals surface area (Å²) in [5.41, 5.74) is 0.233. The number of amides is 1. The number of carbonyl (C=O) groups excluding carboxylic acids is 1. The number of rotatable bonds is 4. The molecule has 0 atom stereocenters. The lowest BCUT2D eigenvalue weighted by atomic mass is 10.2. The number of hydrogen-bond acceptors (Lipinski definition) is 5. The Morgan fingerprint density at radius 1 is 1.19 bits per heavy atom. The van der Waals surface area contributed by atoms with Gasteiger partial charge in [0.15, 0.2) is 5.69 Å². The number of carboxylic acids is 1. The minimum Gasteiger partial charge on any atom is -0.477 e. The van der Waals surface area contributed by atoms with Gasteiger partial charge in [-0.1, -0.05) is 6.07 Å². The van der Waals surface area contributed by atoms with E-state index in [1.165, 1.54) is 24.4 Å². The molecule has 2 rings (SSSR count). The Hall–Kier alpha value is -2.96.